The second-order valence-corrected chi connectivity index (χ2v) is 4.02. The van der Waals surface area contributed by atoms with Crippen molar-refractivity contribution in [3.8, 4) is 5.88 Å². The van der Waals surface area contributed by atoms with Crippen LogP contribution in [-0.2, 0) is 0 Å². The van der Waals surface area contributed by atoms with E-state index in [1.54, 1.807) is 19.1 Å². The summed E-state index contributed by atoms with van der Waals surface area (Å²) in [6.45, 7) is 1.61. The summed E-state index contributed by atoms with van der Waals surface area (Å²) in [6, 6.07) is 3.14. The highest BCUT2D eigenvalue weighted by Crippen LogP contribution is 2.21. The zero-order chi connectivity index (χ0) is 14.7. The minimum Gasteiger partial charge on any atom is -0.480 e. The molecule has 7 nitrogen and oxygen atoms in total. The fraction of sp³-hybridized carbons (Fsp3) is 0.154. The smallest absolute Gasteiger partial charge is 0.339 e. The standard InChI is InChI=1S/C13H13N3O4/c1-7-10(13(18)19)9(6-15-7)16-11(17)8-4-3-5-14-12(8)20-2/h3-6,15H,1-2H3,(H,16,17)(H,18,19). The van der Waals surface area contributed by atoms with Crippen LogP contribution in [0.2, 0.25) is 0 Å². The number of hydrogen-bond acceptors (Lipinski definition) is 4. The van der Waals surface area contributed by atoms with Crippen molar-refractivity contribution >= 4 is 17.6 Å². The van der Waals surface area contributed by atoms with Gasteiger partial charge in [0.2, 0.25) is 5.88 Å². The zero-order valence-corrected chi connectivity index (χ0v) is 10.9. The van der Waals surface area contributed by atoms with Crippen molar-refractivity contribution in [1.29, 1.82) is 0 Å². The summed E-state index contributed by atoms with van der Waals surface area (Å²) < 4.78 is 4.99. The van der Waals surface area contributed by atoms with Crippen molar-refractivity contribution in [1.82, 2.24) is 9.97 Å². The van der Waals surface area contributed by atoms with Crippen molar-refractivity contribution in [3.05, 3.63) is 41.3 Å². The number of methoxy groups -OCH3 is 1. The van der Waals surface area contributed by atoms with Crippen molar-refractivity contribution in [2.45, 2.75) is 6.92 Å². The van der Waals surface area contributed by atoms with E-state index in [0.29, 0.717) is 5.69 Å². The molecule has 104 valence electrons. The van der Waals surface area contributed by atoms with E-state index in [0.717, 1.165) is 0 Å². The molecule has 0 unspecified atom stereocenters. The molecule has 1 amide bonds. The zero-order valence-electron chi connectivity index (χ0n) is 10.9. The number of nitrogens with zero attached hydrogens (tertiary/aromatic N) is 1. The molecule has 3 N–H and O–H groups in total. The lowest BCUT2D eigenvalue weighted by atomic mass is 10.2. The van der Waals surface area contributed by atoms with Gasteiger partial charge in [-0.1, -0.05) is 0 Å². The topological polar surface area (TPSA) is 104 Å². The van der Waals surface area contributed by atoms with Gasteiger partial charge < -0.3 is 20.1 Å². The number of H-pyrrole nitrogens is 1. The quantitative estimate of drug-likeness (QED) is 0.787. The molecular formula is C13H13N3O4. The number of anilines is 1. The first kappa shape index (κ1) is 13.6. The molecule has 2 heterocycles. The second-order valence-electron chi connectivity index (χ2n) is 4.02. The highest BCUT2D eigenvalue weighted by molar-refractivity contribution is 6.09. The first-order chi connectivity index (χ1) is 9.54. The maximum atomic E-state index is 12.1. The lowest BCUT2D eigenvalue weighted by Gasteiger charge is -2.07. The number of hydrogen-bond donors (Lipinski definition) is 3. The Kier molecular flexibility index (Phi) is 3.69. The molecule has 0 bridgehead atoms. The summed E-state index contributed by atoms with van der Waals surface area (Å²) in [5.41, 5.74) is 0.920. The predicted octanol–water partition coefficient (Wildman–Crippen LogP) is 1.68. The van der Waals surface area contributed by atoms with Crippen LogP contribution in [0.25, 0.3) is 0 Å². The van der Waals surface area contributed by atoms with Gasteiger partial charge in [-0.05, 0) is 19.1 Å². The summed E-state index contributed by atoms with van der Waals surface area (Å²) in [6.07, 6.45) is 2.93. The highest BCUT2D eigenvalue weighted by Gasteiger charge is 2.19. The normalized spacial score (nSPS) is 10.1. The van der Waals surface area contributed by atoms with Crippen LogP contribution in [0.4, 0.5) is 5.69 Å². The SMILES string of the molecule is COc1ncccc1C(=O)Nc1c[nH]c(C)c1C(=O)O. The van der Waals surface area contributed by atoms with Gasteiger partial charge in [0.05, 0.1) is 12.8 Å². The third kappa shape index (κ3) is 2.46. The van der Waals surface area contributed by atoms with E-state index in [1.165, 1.54) is 19.5 Å². The molecule has 0 aliphatic carbocycles. The Balaban J connectivity index is 2.31. The van der Waals surface area contributed by atoms with Gasteiger partial charge in [0.1, 0.15) is 11.1 Å². The number of amides is 1. The van der Waals surface area contributed by atoms with Crippen LogP contribution in [0.5, 0.6) is 5.88 Å². The Bertz CT molecular complexity index is 663. The number of nitrogens with one attached hydrogen (secondary N) is 2. The summed E-state index contributed by atoms with van der Waals surface area (Å²) in [7, 11) is 1.40. The van der Waals surface area contributed by atoms with Gasteiger partial charge >= 0.3 is 5.97 Å². The van der Waals surface area contributed by atoms with Gasteiger partial charge in [-0.3, -0.25) is 4.79 Å². The Morgan fingerprint density at radius 1 is 1.45 bits per heavy atom. The van der Waals surface area contributed by atoms with Gasteiger partial charge in [-0.15, -0.1) is 0 Å². The lowest BCUT2D eigenvalue weighted by molar-refractivity contribution is 0.0697. The number of aromatic carboxylic acids is 1. The van der Waals surface area contributed by atoms with Gasteiger partial charge in [0.15, 0.2) is 0 Å². The Morgan fingerprint density at radius 3 is 2.85 bits per heavy atom. The first-order valence-corrected chi connectivity index (χ1v) is 5.76. The van der Waals surface area contributed by atoms with E-state index in [-0.39, 0.29) is 22.7 Å². The lowest BCUT2D eigenvalue weighted by Crippen LogP contribution is -2.15. The second kappa shape index (κ2) is 5.43. The molecule has 0 aliphatic heterocycles. The third-order valence-corrected chi connectivity index (χ3v) is 2.75. The van der Waals surface area contributed by atoms with Crippen molar-refractivity contribution in [2.24, 2.45) is 0 Å². The number of rotatable bonds is 4. The Labute approximate surface area is 114 Å². The molecule has 0 radical (unpaired) electrons. The number of ether oxygens (including phenoxy) is 1. The van der Waals surface area contributed by atoms with E-state index >= 15 is 0 Å². The maximum Gasteiger partial charge on any atom is 0.339 e. The fourth-order valence-electron chi connectivity index (χ4n) is 1.82. The molecule has 0 aromatic carbocycles. The van der Waals surface area contributed by atoms with Crippen molar-refractivity contribution in [3.63, 3.8) is 0 Å². The maximum absolute atomic E-state index is 12.1. The van der Waals surface area contributed by atoms with Crippen LogP contribution in [-0.4, -0.2) is 34.1 Å². The molecule has 0 saturated heterocycles. The van der Waals surface area contributed by atoms with E-state index in [2.05, 4.69) is 15.3 Å². The molecular weight excluding hydrogens is 262 g/mol. The Morgan fingerprint density at radius 2 is 2.20 bits per heavy atom. The Hall–Kier alpha value is -2.83. The number of carboxylic acids is 1. The van der Waals surface area contributed by atoms with Crippen LogP contribution in [0.3, 0.4) is 0 Å². The van der Waals surface area contributed by atoms with Gasteiger partial charge in [0.25, 0.3) is 5.91 Å². The molecule has 0 fully saturated rings. The molecule has 2 aromatic heterocycles. The van der Waals surface area contributed by atoms with E-state index < -0.39 is 11.9 Å². The molecule has 2 aromatic rings. The fourth-order valence-corrected chi connectivity index (χ4v) is 1.82. The molecule has 7 heteroatoms. The molecule has 0 spiro atoms. The van der Waals surface area contributed by atoms with Crippen LogP contribution in [0.15, 0.2) is 24.5 Å². The molecule has 0 saturated carbocycles. The summed E-state index contributed by atoms with van der Waals surface area (Å²) in [5, 5.41) is 11.6. The predicted molar refractivity (Wildman–Crippen MR) is 71.2 cm³/mol. The van der Waals surface area contributed by atoms with Gasteiger partial charge in [0, 0.05) is 18.1 Å². The van der Waals surface area contributed by atoms with Crippen LogP contribution < -0.4 is 10.1 Å². The minimum atomic E-state index is -1.11. The van der Waals surface area contributed by atoms with E-state index in [4.69, 9.17) is 9.84 Å². The number of aromatic nitrogens is 2. The number of carboxylic acid groups (broad SMARTS) is 1. The minimum absolute atomic E-state index is 0.0289. The third-order valence-electron chi connectivity index (χ3n) is 2.75. The molecule has 20 heavy (non-hydrogen) atoms. The number of aryl methyl sites for hydroxylation is 1. The number of pyridine rings is 1. The van der Waals surface area contributed by atoms with Crippen LogP contribution in [0.1, 0.15) is 26.4 Å². The average molecular weight is 275 g/mol. The summed E-state index contributed by atoms with van der Waals surface area (Å²) >= 11 is 0. The van der Waals surface area contributed by atoms with Gasteiger partial charge in [-0.25, -0.2) is 9.78 Å². The summed E-state index contributed by atoms with van der Waals surface area (Å²) in [4.78, 5) is 30.0. The molecule has 2 rings (SSSR count). The van der Waals surface area contributed by atoms with E-state index in [1.807, 2.05) is 0 Å². The van der Waals surface area contributed by atoms with Crippen molar-refractivity contribution in [2.75, 3.05) is 12.4 Å². The van der Waals surface area contributed by atoms with Crippen LogP contribution >= 0.6 is 0 Å². The summed E-state index contributed by atoms with van der Waals surface area (Å²) in [5.74, 6) is -1.43. The van der Waals surface area contributed by atoms with Crippen molar-refractivity contribution < 1.29 is 19.4 Å². The number of aromatic amines is 1. The monoisotopic (exact) mass is 275 g/mol. The van der Waals surface area contributed by atoms with Crippen LogP contribution in [0, 0.1) is 6.92 Å². The molecule has 0 aliphatic rings. The van der Waals surface area contributed by atoms with E-state index in [9.17, 15) is 9.59 Å². The molecule has 0 atom stereocenters. The highest BCUT2D eigenvalue weighted by atomic mass is 16.5. The number of carbonyl (C=O) groups excluding carboxylic acids is 1. The average Bonchev–Trinajstić information content (AvgIpc) is 2.79. The largest absolute Gasteiger partial charge is 0.480 e. The first-order valence-electron chi connectivity index (χ1n) is 5.76. The van der Waals surface area contributed by atoms with Gasteiger partial charge in [-0.2, -0.15) is 0 Å². The number of carbonyl (C=O) groups is 2.